The van der Waals surface area contributed by atoms with Crippen LogP contribution in [0.5, 0.6) is 0 Å². The Morgan fingerprint density at radius 1 is 1.06 bits per heavy atom. The van der Waals surface area contributed by atoms with Crippen LogP contribution in [0.25, 0.3) is 0 Å². The minimum Gasteiger partial charge on any atom is -0.370 e. The number of halogens is 1. The van der Waals surface area contributed by atoms with Gasteiger partial charge in [-0.05, 0) is 72.0 Å². The monoisotopic (exact) mass is 461 g/mol. The normalized spacial score (nSPS) is 14.6. The Kier molecular flexibility index (Phi) is 5.33. The second-order valence-electron chi connectivity index (χ2n) is 7.73. The molecule has 0 radical (unpaired) electrons. The van der Waals surface area contributed by atoms with E-state index in [4.69, 9.17) is 11.6 Å². The minimum absolute atomic E-state index is 0.0651. The molecular formula is C25H20ClN3O2S. The number of aromatic nitrogens is 1. The lowest BCUT2D eigenvalue weighted by atomic mass is 10.0. The van der Waals surface area contributed by atoms with Gasteiger partial charge in [0.2, 0.25) is 0 Å². The lowest BCUT2D eigenvalue weighted by Crippen LogP contribution is -2.22. The number of benzene rings is 2. The quantitative estimate of drug-likeness (QED) is 0.357. The van der Waals surface area contributed by atoms with Crippen molar-refractivity contribution in [2.45, 2.75) is 19.5 Å². The van der Waals surface area contributed by atoms with Crippen molar-refractivity contribution in [3.63, 3.8) is 0 Å². The van der Waals surface area contributed by atoms with Crippen LogP contribution in [-0.4, -0.2) is 16.3 Å². The molecule has 7 heteroatoms. The predicted octanol–water partition coefficient (Wildman–Crippen LogP) is 6.16. The number of nitrogens with zero attached hydrogens (tertiary/aromatic N) is 1. The van der Waals surface area contributed by atoms with Crippen LogP contribution in [0.4, 0.5) is 11.4 Å². The van der Waals surface area contributed by atoms with E-state index in [-0.39, 0.29) is 11.7 Å². The van der Waals surface area contributed by atoms with Crippen LogP contribution in [0.15, 0.2) is 72.1 Å². The van der Waals surface area contributed by atoms with E-state index in [0.29, 0.717) is 27.8 Å². The number of anilines is 2. The van der Waals surface area contributed by atoms with E-state index in [1.54, 1.807) is 24.3 Å². The summed E-state index contributed by atoms with van der Waals surface area (Å²) in [6.07, 6.45) is 0. The molecule has 32 heavy (non-hydrogen) atoms. The predicted molar refractivity (Wildman–Crippen MR) is 129 cm³/mol. The Morgan fingerprint density at radius 2 is 1.84 bits per heavy atom. The third-order valence-corrected chi connectivity index (χ3v) is 7.01. The van der Waals surface area contributed by atoms with Gasteiger partial charge in [0.15, 0.2) is 5.78 Å². The fourth-order valence-corrected chi connectivity index (χ4v) is 4.99. The van der Waals surface area contributed by atoms with E-state index in [9.17, 15) is 9.59 Å². The summed E-state index contributed by atoms with van der Waals surface area (Å²) >= 11 is 7.83. The molecule has 1 unspecified atom stereocenters. The van der Waals surface area contributed by atoms with Crippen LogP contribution in [0.3, 0.4) is 0 Å². The summed E-state index contributed by atoms with van der Waals surface area (Å²) in [6.45, 7) is 2.51. The minimum atomic E-state index is -0.569. The first-order valence-corrected chi connectivity index (χ1v) is 11.5. The molecule has 2 aromatic heterocycles. The first kappa shape index (κ1) is 20.5. The summed E-state index contributed by atoms with van der Waals surface area (Å²) in [5.74, 6) is -0.212. The smallest absolute Gasteiger partial charge is 0.265 e. The summed E-state index contributed by atoms with van der Waals surface area (Å²) in [4.78, 5) is 26.6. The molecule has 3 heterocycles. The lowest BCUT2D eigenvalue weighted by molar-refractivity contribution is 0.0966. The topological polar surface area (TPSA) is 63.1 Å². The van der Waals surface area contributed by atoms with Crippen molar-refractivity contribution in [2.24, 2.45) is 0 Å². The molecule has 0 aliphatic carbocycles. The second-order valence-corrected chi connectivity index (χ2v) is 9.03. The molecule has 2 N–H and O–H groups in total. The van der Waals surface area contributed by atoms with Gasteiger partial charge in [-0.25, -0.2) is 0 Å². The summed E-state index contributed by atoms with van der Waals surface area (Å²) in [5.41, 5.74) is 4.95. The van der Waals surface area contributed by atoms with E-state index < -0.39 is 6.04 Å². The van der Waals surface area contributed by atoms with Crippen molar-refractivity contribution >= 4 is 46.0 Å². The molecule has 0 fully saturated rings. The molecule has 160 valence electrons. The highest BCUT2D eigenvalue weighted by molar-refractivity contribution is 7.12. The zero-order valence-electron chi connectivity index (χ0n) is 17.3. The van der Waals surface area contributed by atoms with Gasteiger partial charge >= 0.3 is 0 Å². The molecule has 5 nitrogen and oxygen atoms in total. The third kappa shape index (κ3) is 3.72. The summed E-state index contributed by atoms with van der Waals surface area (Å²) in [5, 5.41) is 8.79. The average molecular weight is 462 g/mol. The molecule has 1 atom stereocenters. The Hall–Kier alpha value is -3.35. The van der Waals surface area contributed by atoms with Crippen molar-refractivity contribution < 1.29 is 9.59 Å². The number of Topliss-reactive ketones (excluding diaryl/α,β-unsaturated/α-hetero) is 1. The van der Waals surface area contributed by atoms with E-state index in [0.717, 1.165) is 22.5 Å². The zero-order chi connectivity index (χ0) is 22.2. The third-order valence-electron chi connectivity index (χ3n) is 5.66. The molecule has 1 aliphatic rings. The van der Waals surface area contributed by atoms with Gasteiger partial charge < -0.3 is 15.2 Å². The molecule has 0 saturated carbocycles. The molecule has 5 rings (SSSR count). The van der Waals surface area contributed by atoms with Crippen LogP contribution < -0.4 is 10.6 Å². The fourth-order valence-electron chi connectivity index (χ4n) is 3.95. The summed E-state index contributed by atoms with van der Waals surface area (Å²) in [6, 6.07) is 20.0. The van der Waals surface area contributed by atoms with E-state index in [1.807, 2.05) is 59.3 Å². The highest BCUT2D eigenvalue weighted by Gasteiger charge is 2.29. The van der Waals surface area contributed by atoms with Gasteiger partial charge in [-0.15, -0.1) is 11.3 Å². The maximum Gasteiger partial charge on any atom is 0.265 e. The Balaban J connectivity index is 1.41. The standard InChI is InChI=1S/C25H20ClN3O2S/c1-15-12-13-32-24(15)25(31)27-18-8-6-16(7-9-18)23(30)22-20-10-11-21(26)29(20)14-17-4-2-3-5-19(17)28-22/h2-13,22,28H,14H2,1H3,(H,27,31). The Labute approximate surface area is 194 Å². The van der Waals surface area contributed by atoms with Crippen molar-refractivity contribution in [3.8, 4) is 0 Å². The van der Waals surface area contributed by atoms with Crippen LogP contribution in [-0.2, 0) is 6.54 Å². The highest BCUT2D eigenvalue weighted by atomic mass is 35.5. The molecule has 1 aliphatic heterocycles. The van der Waals surface area contributed by atoms with Gasteiger partial charge in [0.1, 0.15) is 11.2 Å². The number of para-hydroxylation sites is 1. The number of thiophene rings is 1. The maximum atomic E-state index is 13.5. The molecule has 0 spiro atoms. The number of nitrogens with one attached hydrogen (secondary N) is 2. The summed E-state index contributed by atoms with van der Waals surface area (Å²) in [7, 11) is 0. The number of carbonyl (C=O) groups is 2. The largest absolute Gasteiger partial charge is 0.370 e. The van der Waals surface area contributed by atoms with E-state index >= 15 is 0 Å². The molecule has 4 aromatic rings. The zero-order valence-corrected chi connectivity index (χ0v) is 18.8. The van der Waals surface area contributed by atoms with Crippen LogP contribution in [0.1, 0.15) is 42.9 Å². The van der Waals surface area contributed by atoms with Crippen molar-refractivity contribution in [3.05, 3.63) is 105 Å². The van der Waals surface area contributed by atoms with Gasteiger partial charge in [-0.3, -0.25) is 9.59 Å². The van der Waals surface area contributed by atoms with Crippen LogP contribution >= 0.6 is 22.9 Å². The van der Waals surface area contributed by atoms with Gasteiger partial charge in [0, 0.05) is 22.6 Å². The number of carbonyl (C=O) groups excluding carboxylic acids is 2. The molecule has 1 amide bonds. The van der Waals surface area contributed by atoms with Crippen LogP contribution in [0, 0.1) is 6.92 Å². The van der Waals surface area contributed by atoms with Crippen molar-refractivity contribution in [1.29, 1.82) is 0 Å². The number of hydrogen-bond acceptors (Lipinski definition) is 4. The summed E-state index contributed by atoms with van der Waals surface area (Å²) < 4.78 is 1.96. The SMILES string of the molecule is Cc1ccsc1C(=O)Nc1ccc(C(=O)C2Nc3ccccc3Cn3c(Cl)ccc32)cc1. The second kappa shape index (κ2) is 8.30. The highest BCUT2D eigenvalue weighted by Crippen LogP contribution is 2.33. The number of ketones is 1. The number of amides is 1. The first-order chi connectivity index (χ1) is 15.5. The fraction of sp³-hybridized carbons (Fsp3) is 0.120. The molecular weight excluding hydrogens is 442 g/mol. The van der Waals surface area contributed by atoms with E-state index in [1.165, 1.54) is 11.3 Å². The molecule has 0 saturated heterocycles. The Bertz CT molecular complexity index is 1320. The Morgan fingerprint density at radius 3 is 2.59 bits per heavy atom. The van der Waals surface area contributed by atoms with Crippen molar-refractivity contribution in [1.82, 2.24) is 4.57 Å². The maximum absolute atomic E-state index is 13.5. The van der Waals surface area contributed by atoms with Gasteiger partial charge in [0.25, 0.3) is 5.91 Å². The number of fused-ring (bicyclic) bond motifs is 2. The number of rotatable bonds is 4. The van der Waals surface area contributed by atoms with Gasteiger partial charge in [-0.2, -0.15) is 0 Å². The van der Waals surface area contributed by atoms with Crippen LogP contribution in [0.2, 0.25) is 5.15 Å². The average Bonchev–Trinajstić information content (AvgIpc) is 3.34. The first-order valence-electron chi connectivity index (χ1n) is 10.2. The lowest BCUT2D eigenvalue weighted by Gasteiger charge is -2.18. The van der Waals surface area contributed by atoms with Crippen molar-refractivity contribution in [2.75, 3.05) is 10.6 Å². The molecule has 2 aromatic carbocycles. The van der Waals surface area contributed by atoms with E-state index in [2.05, 4.69) is 10.6 Å². The molecule has 0 bridgehead atoms. The van der Waals surface area contributed by atoms with Gasteiger partial charge in [0.05, 0.1) is 11.4 Å². The van der Waals surface area contributed by atoms with Gasteiger partial charge in [-0.1, -0.05) is 29.8 Å². The number of hydrogen-bond donors (Lipinski definition) is 2. The number of aryl methyl sites for hydroxylation is 1.